The first-order valence-electron chi connectivity index (χ1n) is 6.69. The van der Waals surface area contributed by atoms with Crippen molar-refractivity contribution < 1.29 is 22.4 Å². The molecule has 7 nitrogen and oxygen atoms in total. The quantitative estimate of drug-likeness (QED) is 0.732. The normalized spacial score (nSPS) is 11.4. The Morgan fingerprint density at radius 1 is 1.12 bits per heavy atom. The molecule has 3 heterocycles. The average molecular weight is 352 g/mol. The smallest absolute Gasteiger partial charge is 0.319 e. The van der Waals surface area contributed by atoms with Gasteiger partial charge in [-0.2, -0.15) is 13.2 Å². The number of imidazole rings is 1. The summed E-state index contributed by atoms with van der Waals surface area (Å²) in [6, 6.07) is 1.47. The Bertz CT molecular complexity index is 910. The van der Waals surface area contributed by atoms with Crippen molar-refractivity contribution >= 4 is 11.6 Å². The van der Waals surface area contributed by atoms with E-state index in [9.17, 15) is 22.4 Å². The first-order chi connectivity index (χ1) is 11.8. The molecule has 0 saturated carbocycles. The molecule has 11 heteroatoms. The summed E-state index contributed by atoms with van der Waals surface area (Å²) < 4.78 is 53.3. The van der Waals surface area contributed by atoms with Gasteiger partial charge in [0.2, 0.25) is 5.95 Å². The van der Waals surface area contributed by atoms with Gasteiger partial charge in [-0.15, -0.1) is 0 Å². The number of alkyl halides is 3. The molecule has 0 unspecified atom stereocenters. The van der Waals surface area contributed by atoms with Gasteiger partial charge in [0, 0.05) is 24.5 Å². The molecule has 0 radical (unpaired) electrons. The zero-order valence-corrected chi connectivity index (χ0v) is 12.2. The van der Waals surface area contributed by atoms with Crippen LogP contribution in [0.1, 0.15) is 16.2 Å². The highest BCUT2D eigenvalue weighted by Gasteiger charge is 2.34. The number of nitrogens with one attached hydrogen (secondary N) is 1. The van der Waals surface area contributed by atoms with Crippen molar-refractivity contribution in [2.45, 2.75) is 6.18 Å². The monoisotopic (exact) mass is 352 g/mol. The number of halogens is 4. The van der Waals surface area contributed by atoms with Gasteiger partial charge in [-0.3, -0.25) is 14.3 Å². The van der Waals surface area contributed by atoms with Gasteiger partial charge in [-0.1, -0.05) is 0 Å². The van der Waals surface area contributed by atoms with Gasteiger partial charge in [-0.05, 0) is 0 Å². The number of pyridine rings is 1. The molecular weight excluding hydrogens is 344 g/mol. The lowest BCUT2D eigenvalue weighted by atomic mass is 10.3. The Labute approximate surface area is 137 Å². The van der Waals surface area contributed by atoms with E-state index in [0.717, 1.165) is 23.0 Å². The number of aromatic nitrogens is 5. The zero-order chi connectivity index (χ0) is 18.0. The lowest BCUT2D eigenvalue weighted by Crippen LogP contribution is -2.19. The molecule has 0 aliphatic heterocycles. The van der Waals surface area contributed by atoms with Gasteiger partial charge in [-0.25, -0.2) is 19.3 Å². The molecule has 0 bridgehead atoms. The maximum atomic E-state index is 13.1. The van der Waals surface area contributed by atoms with Crippen molar-refractivity contribution in [3.8, 4) is 5.95 Å². The van der Waals surface area contributed by atoms with Crippen LogP contribution < -0.4 is 5.32 Å². The predicted octanol–water partition coefficient (Wildman–Crippen LogP) is 2.47. The largest absolute Gasteiger partial charge is 0.433 e. The van der Waals surface area contributed by atoms with Gasteiger partial charge < -0.3 is 5.32 Å². The molecular formula is C14H8F4N6O. The van der Waals surface area contributed by atoms with Gasteiger partial charge >= 0.3 is 6.18 Å². The molecule has 0 spiro atoms. The molecule has 1 amide bonds. The number of carbonyl (C=O) groups excluding carboxylic acids is 1. The number of carbonyl (C=O) groups is 1. The molecule has 0 saturated heterocycles. The Balaban J connectivity index is 1.99. The molecule has 1 N–H and O–H groups in total. The summed E-state index contributed by atoms with van der Waals surface area (Å²) in [4.78, 5) is 26.6. The third-order valence-electron chi connectivity index (χ3n) is 2.94. The fourth-order valence-corrected chi connectivity index (χ4v) is 1.86. The summed E-state index contributed by atoms with van der Waals surface area (Å²) >= 11 is 0. The van der Waals surface area contributed by atoms with E-state index in [0.29, 0.717) is 6.07 Å². The predicted molar refractivity (Wildman–Crippen MR) is 76.3 cm³/mol. The van der Waals surface area contributed by atoms with Crippen molar-refractivity contribution in [3.63, 3.8) is 0 Å². The van der Waals surface area contributed by atoms with Crippen LogP contribution in [0.5, 0.6) is 0 Å². The van der Waals surface area contributed by atoms with E-state index in [1.54, 1.807) is 0 Å². The molecule has 0 aromatic carbocycles. The first kappa shape index (κ1) is 16.5. The summed E-state index contributed by atoms with van der Waals surface area (Å²) in [6.07, 6.45) is 1.11. The Morgan fingerprint density at radius 2 is 1.92 bits per heavy atom. The minimum Gasteiger partial charge on any atom is -0.319 e. The standard InChI is InChI=1S/C14H8F4N6O/c15-8-3-9(6-20-5-8)21-12(25)10-4-11(14(16,17)18)23-13(22-10)24-2-1-19-7-24/h1-7H,(H,21,25). The minimum atomic E-state index is -4.78. The molecule has 0 fully saturated rings. The summed E-state index contributed by atoms with van der Waals surface area (Å²) in [5.41, 5.74) is -1.87. The van der Waals surface area contributed by atoms with Crippen LogP contribution in [0.15, 0.2) is 43.2 Å². The van der Waals surface area contributed by atoms with E-state index < -0.39 is 29.3 Å². The number of hydrogen-bond donors (Lipinski definition) is 1. The van der Waals surface area contributed by atoms with Crippen molar-refractivity contribution in [2.24, 2.45) is 0 Å². The summed E-state index contributed by atoms with van der Waals surface area (Å²) in [7, 11) is 0. The Hall–Kier alpha value is -3.37. The van der Waals surface area contributed by atoms with Gasteiger partial charge in [0.15, 0.2) is 5.69 Å². The van der Waals surface area contributed by atoms with E-state index in [-0.39, 0.29) is 11.6 Å². The van der Waals surface area contributed by atoms with Crippen molar-refractivity contribution in [1.29, 1.82) is 0 Å². The number of nitrogens with zero attached hydrogens (tertiary/aromatic N) is 5. The van der Waals surface area contributed by atoms with E-state index in [4.69, 9.17) is 0 Å². The molecule has 3 rings (SSSR count). The molecule has 0 atom stereocenters. The van der Waals surface area contributed by atoms with Crippen LogP contribution in [0.2, 0.25) is 0 Å². The Kier molecular flexibility index (Phi) is 4.13. The summed E-state index contributed by atoms with van der Waals surface area (Å²) in [6.45, 7) is 0. The molecule has 3 aromatic rings. The average Bonchev–Trinajstić information content (AvgIpc) is 3.08. The maximum Gasteiger partial charge on any atom is 0.433 e. The summed E-state index contributed by atoms with van der Waals surface area (Å²) in [5, 5.41) is 2.23. The van der Waals surface area contributed by atoms with E-state index >= 15 is 0 Å². The molecule has 0 aliphatic rings. The van der Waals surface area contributed by atoms with Crippen LogP contribution in [-0.2, 0) is 6.18 Å². The highest BCUT2D eigenvalue weighted by atomic mass is 19.4. The van der Waals surface area contributed by atoms with Crippen molar-refractivity contribution in [1.82, 2.24) is 24.5 Å². The second kappa shape index (κ2) is 6.26. The van der Waals surface area contributed by atoms with Crippen molar-refractivity contribution in [2.75, 3.05) is 5.32 Å². The summed E-state index contributed by atoms with van der Waals surface area (Å²) in [5.74, 6) is -2.06. The van der Waals surface area contributed by atoms with Gasteiger partial charge in [0.25, 0.3) is 5.91 Å². The fourth-order valence-electron chi connectivity index (χ4n) is 1.86. The third kappa shape index (κ3) is 3.76. The lowest BCUT2D eigenvalue weighted by Gasteiger charge is -2.11. The first-order valence-corrected chi connectivity index (χ1v) is 6.69. The topological polar surface area (TPSA) is 85.6 Å². The fraction of sp³-hybridized carbons (Fsp3) is 0.0714. The molecule has 0 aliphatic carbocycles. The number of amides is 1. The molecule has 25 heavy (non-hydrogen) atoms. The van der Waals surface area contributed by atoms with Gasteiger partial charge in [0.05, 0.1) is 18.1 Å². The van der Waals surface area contributed by atoms with E-state index in [2.05, 4.69) is 25.3 Å². The third-order valence-corrected chi connectivity index (χ3v) is 2.94. The van der Waals surface area contributed by atoms with Crippen LogP contribution in [0.3, 0.4) is 0 Å². The van der Waals surface area contributed by atoms with E-state index in [1.807, 2.05) is 0 Å². The minimum absolute atomic E-state index is 0.0265. The number of hydrogen-bond acceptors (Lipinski definition) is 5. The second-order valence-corrected chi connectivity index (χ2v) is 4.75. The molecule has 3 aromatic heterocycles. The van der Waals surface area contributed by atoms with Crippen LogP contribution in [0, 0.1) is 5.82 Å². The van der Waals surface area contributed by atoms with Gasteiger partial charge in [0.1, 0.15) is 17.8 Å². The zero-order valence-electron chi connectivity index (χ0n) is 12.2. The second-order valence-electron chi connectivity index (χ2n) is 4.75. The van der Waals surface area contributed by atoms with E-state index in [1.165, 1.54) is 18.7 Å². The van der Waals surface area contributed by atoms with Crippen LogP contribution in [0.25, 0.3) is 5.95 Å². The van der Waals surface area contributed by atoms with Crippen LogP contribution in [0.4, 0.5) is 23.2 Å². The maximum absolute atomic E-state index is 13.1. The highest BCUT2D eigenvalue weighted by Crippen LogP contribution is 2.28. The highest BCUT2D eigenvalue weighted by molar-refractivity contribution is 6.02. The number of anilines is 1. The van der Waals surface area contributed by atoms with Crippen molar-refractivity contribution in [3.05, 3.63) is 60.5 Å². The number of rotatable bonds is 3. The Morgan fingerprint density at radius 3 is 2.56 bits per heavy atom. The van der Waals surface area contributed by atoms with Crippen LogP contribution in [-0.4, -0.2) is 30.4 Å². The SMILES string of the molecule is O=C(Nc1cncc(F)c1)c1cc(C(F)(F)F)nc(-n2ccnc2)n1. The van der Waals surface area contributed by atoms with Crippen LogP contribution >= 0.6 is 0 Å². The molecule has 128 valence electrons. The lowest BCUT2D eigenvalue weighted by molar-refractivity contribution is -0.141.